The van der Waals surface area contributed by atoms with E-state index in [9.17, 15) is 9.59 Å². The zero-order valence-electron chi connectivity index (χ0n) is 15.3. The molecule has 1 aliphatic heterocycles. The maximum Gasteiger partial charge on any atom is 0.305 e. The molecule has 1 saturated heterocycles. The maximum atomic E-state index is 13.2. The number of pyridine rings is 1. The van der Waals surface area contributed by atoms with E-state index in [2.05, 4.69) is 9.88 Å². The van der Waals surface area contributed by atoms with Crippen LogP contribution >= 0.6 is 0 Å². The molecule has 0 unspecified atom stereocenters. The fourth-order valence-electron chi connectivity index (χ4n) is 3.93. The predicted molar refractivity (Wildman–Crippen MR) is 97.4 cm³/mol. The minimum atomic E-state index is -0.927. The van der Waals surface area contributed by atoms with Crippen molar-refractivity contribution in [2.24, 2.45) is 0 Å². The molecule has 0 bridgehead atoms. The van der Waals surface area contributed by atoms with Gasteiger partial charge in [0.2, 0.25) is 0 Å². The maximum absolute atomic E-state index is 13.2. The number of ether oxygens (including phenoxy) is 1. The molecule has 0 radical (unpaired) electrons. The number of aliphatic carboxylic acids is 1. The summed E-state index contributed by atoms with van der Waals surface area (Å²) in [6.07, 6.45) is 7.49. The van der Waals surface area contributed by atoms with Crippen molar-refractivity contribution in [1.29, 1.82) is 0 Å². The first kappa shape index (κ1) is 18.6. The number of hydrogen-bond acceptors (Lipinski definition) is 5. The van der Waals surface area contributed by atoms with E-state index in [1.165, 1.54) is 19.3 Å². The van der Waals surface area contributed by atoms with Gasteiger partial charge in [0.1, 0.15) is 5.82 Å². The normalized spacial score (nSPS) is 21.4. The molecular weight excluding hydrogens is 334 g/mol. The van der Waals surface area contributed by atoms with E-state index in [4.69, 9.17) is 9.84 Å². The summed E-state index contributed by atoms with van der Waals surface area (Å²) in [7, 11) is 2.00. The lowest BCUT2D eigenvalue weighted by Crippen LogP contribution is -2.50. The molecule has 2 fully saturated rings. The molecule has 1 saturated carbocycles. The Balaban J connectivity index is 1.83. The van der Waals surface area contributed by atoms with Gasteiger partial charge in [0.25, 0.3) is 5.91 Å². The second-order valence-corrected chi connectivity index (χ2v) is 7.10. The zero-order chi connectivity index (χ0) is 18.5. The molecule has 7 heteroatoms. The van der Waals surface area contributed by atoms with Gasteiger partial charge in [0.05, 0.1) is 31.2 Å². The van der Waals surface area contributed by atoms with Crippen molar-refractivity contribution in [1.82, 2.24) is 9.88 Å². The van der Waals surface area contributed by atoms with E-state index in [-0.39, 0.29) is 18.9 Å². The van der Waals surface area contributed by atoms with Crippen molar-refractivity contribution in [3.8, 4) is 0 Å². The number of morpholine rings is 1. The third-order valence-electron chi connectivity index (χ3n) is 5.37. The van der Waals surface area contributed by atoms with Crippen molar-refractivity contribution < 1.29 is 19.4 Å². The second-order valence-electron chi connectivity index (χ2n) is 7.10. The highest BCUT2D eigenvalue weighted by Crippen LogP contribution is 2.28. The molecule has 3 rings (SSSR count). The first-order chi connectivity index (χ1) is 12.6. The molecule has 0 spiro atoms. The molecule has 7 nitrogen and oxygen atoms in total. The van der Waals surface area contributed by atoms with Crippen molar-refractivity contribution in [2.75, 3.05) is 31.7 Å². The standard InChI is InChI=1S/C19H27N3O4/c1-21(14-6-3-2-4-7-14)18-16(8-5-9-20-18)19(25)22-10-11-26-13-15(22)12-17(23)24/h5,8-9,14-15H,2-4,6-7,10-13H2,1H3,(H,23,24)/t15-/m0/s1. The van der Waals surface area contributed by atoms with Crippen LogP contribution in [0, 0.1) is 0 Å². The molecule has 26 heavy (non-hydrogen) atoms. The summed E-state index contributed by atoms with van der Waals surface area (Å²) in [5.41, 5.74) is 0.540. The summed E-state index contributed by atoms with van der Waals surface area (Å²) in [4.78, 5) is 32.6. The summed E-state index contributed by atoms with van der Waals surface area (Å²) in [5.74, 6) is -0.403. The number of carboxylic acid groups (broad SMARTS) is 1. The quantitative estimate of drug-likeness (QED) is 0.865. The lowest BCUT2D eigenvalue weighted by molar-refractivity contribution is -0.139. The second kappa shape index (κ2) is 8.49. The van der Waals surface area contributed by atoms with Crippen molar-refractivity contribution in [3.63, 3.8) is 0 Å². The fourth-order valence-corrected chi connectivity index (χ4v) is 3.93. The molecule has 1 aromatic heterocycles. The number of carboxylic acids is 1. The Hall–Kier alpha value is -2.15. The number of carbonyl (C=O) groups excluding carboxylic acids is 1. The van der Waals surface area contributed by atoms with E-state index in [1.807, 2.05) is 7.05 Å². The van der Waals surface area contributed by atoms with Gasteiger partial charge in [-0.25, -0.2) is 4.98 Å². The van der Waals surface area contributed by atoms with Gasteiger partial charge in [0, 0.05) is 25.8 Å². The minimum Gasteiger partial charge on any atom is -0.481 e. The molecular formula is C19H27N3O4. The minimum absolute atomic E-state index is 0.111. The fraction of sp³-hybridized carbons (Fsp3) is 0.632. The largest absolute Gasteiger partial charge is 0.481 e. The molecule has 2 heterocycles. The van der Waals surface area contributed by atoms with Crippen LogP contribution in [-0.2, 0) is 9.53 Å². The molecule has 1 N–H and O–H groups in total. The van der Waals surface area contributed by atoms with Gasteiger partial charge in [-0.05, 0) is 25.0 Å². The summed E-state index contributed by atoms with van der Waals surface area (Å²) in [6, 6.07) is 3.50. The topological polar surface area (TPSA) is 83.0 Å². The number of rotatable bonds is 5. The van der Waals surface area contributed by atoms with Gasteiger partial charge in [0.15, 0.2) is 0 Å². The van der Waals surface area contributed by atoms with E-state index < -0.39 is 12.0 Å². The van der Waals surface area contributed by atoms with Crippen LogP contribution in [0.4, 0.5) is 5.82 Å². The highest BCUT2D eigenvalue weighted by molar-refractivity contribution is 5.99. The third kappa shape index (κ3) is 4.15. The third-order valence-corrected chi connectivity index (χ3v) is 5.37. The average molecular weight is 361 g/mol. The first-order valence-electron chi connectivity index (χ1n) is 9.36. The Morgan fingerprint density at radius 1 is 1.35 bits per heavy atom. The van der Waals surface area contributed by atoms with E-state index in [1.54, 1.807) is 23.2 Å². The van der Waals surface area contributed by atoms with Gasteiger partial charge in [-0.15, -0.1) is 0 Å². The SMILES string of the molecule is CN(c1ncccc1C(=O)N1CCOC[C@@H]1CC(=O)O)C1CCCCC1. The van der Waals surface area contributed by atoms with Gasteiger partial charge in [-0.2, -0.15) is 0 Å². The van der Waals surface area contributed by atoms with Crippen molar-refractivity contribution in [2.45, 2.75) is 50.6 Å². The van der Waals surface area contributed by atoms with Crippen LogP contribution in [0.1, 0.15) is 48.9 Å². The average Bonchev–Trinajstić information content (AvgIpc) is 2.67. The Labute approximate surface area is 153 Å². The number of aromatic nitrogens is 1. The molecule has 142 valence electrons. The van der Waals surface area contributed by atoms with Gasteiger partial charge >= 0.3 is 5.97 Å². The Morgan fingerprint density at radius 3 is 2.85 bits per heavy atom. The van der Waals surface area contributed by atoms with Crippen LogP contribution < -0.4 is 4.90 Å². The van der Waals surface area contributed by atoms with Crippen LogP contribution in [0.3, 0.4) is 0 Å². The molecule has 1 aliphatic carbocycles. The monoisotopic (exact) mass is 361 g/mol. The summed E-state index contributed by atoms with van der Waals surface area (Å²) in [5, 5.41) is 9.13. The van der Waals surface area contributed by atoms with E-state index in [0.717, 1.165) is 12.8 Å². The van der Waals surface area contributed by atoms with Crippen LogP contribution in [-0.4, -0.2) is 65.8 Å². The number of nitrogens with zero attached hydrogens (tertiary/aromatic N) is 3. The van der Waals surface area contributed by atoms with E-state index in [0.29, 0.717) is 30.6 Å². The summed E-state index contributed by atoms with van der Waals surface area (Å²) in [6.45, 7) is 1.08. The Kier molecular flexibility index (Phi) is 6.08. The summed E-state index contributed by atoms with van der Waals surface area (Å²) < 4.78 is 5.39. The Morgan fingerprint density at radius 2 is 2.12 bits per heavy atom. The number of amides is 1. The molecule has 1 amide bonds. The molecule has 0 aromatic carbocycles. The number of anilines is 1. The zero-order valence-corrected chi connectivity index (χ0v) is 15.3. The number of carbonyl (C=O) groups is 2. The van der Waals surface area contributed by atoms with Crippen LogP contribution in [0.25, 0.3) is 0 Å². The smallest absolute Gasteiger partial charge is 0.305 e. The summed E-state index contributed by atoms with van der Waals surface area (Å²) >= 11 is 0. The predicted octanol–water partition coefficient (Wildman–Crippen LogP) is 2.17. The van der Waals surface area contributed by atoms with Gasteiger partial charge < -0.3 is 19.6 Å². The molecule has 1 atom stereocenters. The Bertz CT molecular complexity index is 645. The van der Waals surface area contributed by atoms with Crippen LogP contribution in [0.5, 0.6) is 0 Å². The first-order valence-corrected chi connectivity index (χ1v) is 9.36. The van der Waals surface area contributed by atoms with Crippen LogP contribution in [0.2, 0.25) is 0 Å². The lowest BCUT2D eigenvalue weighted by atomic mass is 9.94. The molecule has 1 aromatic rings. The van der Waals surface area contributed by atoms with E-state index >= 15 is 0 Å². The van der Waals surface area contributed by atoms with Gasteiger partial charge in [-0.3, -0.25) is 9.59 Å². The van der Waals surface area contributed by atoms with Crippen LogP contribution in [0.15, 0.2) is 18.3 Å². The highest BCUT2D eigenvalue weighted by atomic mass is 16.5. The number of hydrogen-bond donors (Lipinski definition) is 1. The lowest BCUT2D eigenvalue weighted by Gasteiger charge is -2.37. The molecule has 2 aliphatic rings. The van der Waals surface area contributed by atoms with Crippen molar-refractivity contribution in [3.05, 3.63) is 23.9 Å². The highest BCUT2D eigenvalue weighted by Gasteiger charge is 2.32. The van der Waals surface area contributed by atoms with Gasteiger partial charge in [-0.1, -0.05) is 19.3 Å². The van der Waals surface area contributed by atoms with Crippen molar-refractivity contribution >= 4 is 17.7 Å².